The van der Waals surface area contributed by atoms with E-state index in [0.717, 1.165) is 5.56 Å². The fraction of sp³-hybridized carbons (Fsp3) is 0.294. The first-order chi connectivity index (χ1) is 10.7. The number of carbonyl (C=O) groups is 2. The van der Waals surface area contributed by atoms with E-state index in [2.05, 4.69) is 6.58 Å². The Hall–Kier alpha value is -2.40. The van der Waals surface area contributed by atoms with Crippen LogP contribution in [0.5, 0.6) is 0 Å². The molecule has 0 saturated carbocycles. The summed E-state index contributed by atoms with van der Waals surface area (Å²) in [5.41, 5.74) is 1.62. The Balaban J connectivity index is 1.71. The average Bonchev–Trinajstić information content (AvgIpc) is 3.03. The van der Waals surface area contributed by atoms with E-state index in [0.29, 0.717) is 12.2 Å². The minimum absolute atomic E-state index is 0.118. The monoisotopic (exact) mass is 297 g/mol. The second kappa shape index (κ2) is 4.81. The Bertz CT molecular complexity index is 681. The molecule has 0 unspecified atom stereocenters. The van der Waals surface area contributed by atoms with E-state index in [1.165, 1.54) is 6.08 Å². The lowest BCUT2D eigenvalue weighted by Crippen LogP contribution is -2.43. The van der Waals surface area contributed by atoms with E-state index in [4.69, 9.17) is 9.47 Å². The van der Waals surface area contributed by atoms with Gasteiger partial charge in [-0.25, -0.2) is 4.79 Å². The molecule has 4 rings (SSSR count). The SMILES string of the molecule is C=C1[C@H]2O[C@H](C=CC2=O)[C@@H]1N1C(=O)OC[C@H]1c1ccccc1. The number of hydrogen-bond donors (Lipinski definition) is 0. The van der Waals surface area contributed by atoms with Gasteiger partial charge in [0.2, 0.25) is 0 Å². The molecular weight excluding hydrogens is 282 g/mol. The standard InChI is InChI=1S/C17H15NO4/c1-10-15(14-8-7-13(19)16(10)22-14)18-12(9-21-17(18)20)11-5-3-2-4-6-11/h2-8,12,14-16H,1,9H2/t12-,14+,15+,16+/m0/s1. The van der Waals surface area contributed by atoms with Crippen LogP contribution in [0.15, 0.2) is 54.6 Å². The number of ether oxygens (including phenoxy) is 2. The highest BCUT2D eigenvalue weighted by Crippen LogP contribution is 2.40. The van der Waals surface area contributed by atoms with Crippen molar-refractivity contribution in [1.29, 1.82) is 0 Å². The fourth-order valence-electron chi connectivity index (χ4n) is 3.37. The van der Waals surface area contributed by atoms with Gasteiger partial charge in [-0.1, -0.05) is 36.9 Å². The van der Waals surface area contributed by atoms with Crippen LogP contribution in [0, 0.1) is 0 Å². The first kappa shape index (κ1) is 13.3. The maximum absolute atomic E-state index is 12.3. The van der Waals surface area contributed by atoms with Crippen molar-refractivity contribution in [2.45, 2.75) is 24.3 Å². The molecule has 3 aliphatic heterocycles. The highest BCUT2D eigenvalue weighted by atomic mass is 16.6. The van der Waals surface area contributed by atoms with Gasteiger partial charge in [-0.3, -0.25) is 9.69 Å². The van der Waals surface area contributed by atoms with Crippen molar-refractivity contribution in [3.05, 3.63) is 60.2 Å². The molecule has 112 valence electrons. The molecule has 5 nitrogen and oxygen atoms in total. The number of nitrogens with zero attached hydrogens (tertiary/aromatic N) is 1. The zero-order valence-corrected chi connectivity index (χ0v) is 11.8. The van der Waals surface area contributed by atoms with Crippen LogP contribution in [-0.2, 0) is 14.3 Å². The molecular formula is C17H15NO4. The van der Waals surface area contributed by atoms with Gasteiger partial charge in [0.1, 0.15) is 18.8 Å². The second-order valence-corrected chi connectivity index (χ2v) is 5.67. The zero-order chi connectivity index (χ0) is 15.3. The van der Waals surface area contributed by atoms with Crippen molar-refractivity contribution < 1.29 is 19.1 Å². The summed E-state index contributed by atoms with van der Waals surface area (Å²) in [4.78, 5) is 25.8. The lowest BCUT2D eigenvalue weighted by atomic mass is 9.98. The molecule has 0 radical (unpaired) electrons. The summed E-state index contributed by atoms with van der Waals surface area (Å²) < 4.78 is 10.9. The number of fused-ring (bicyclic) bond motifs is 2. The fourth-order valence-corrected chi connectivity index (χ4v) is 3.37. The summed E-state index contributed by atoms with van der Waals surface area (Å²) >= 11 is 0. The third-order valence-corrected chi connectivity index (χ3v) is 4.42. The number of hydrogen-bond acceptors (Lipinski definition) is 4. The Morgan fingerprint density at radius 1 is 1.18 bits per heavy atom. The molecule has 5 heteroatoms. The number of rotatable bonds is 2. The zero-order valence-electron chi connectivity index (χ0n) is 11.8. The van der Waals surface area contributed by atoms with Gasteiger partial charge in [0.05, 0.1) is 12.1 Å². The molecule has 0 N–H and O–H groups in total. The largest absolute Gasteiger partial charge is 0.447 e. The molecule has 1 aromatic carbocycles. The van der Waals surface area contributed by atoms with Crippen LogP contribution in [0.25, 0.3) is 0 Å². The molecule has 0 aromatic heterocycles. The van der Waals surface area contributed by atoms with E-state index in [1.807, 2.05) is 30.3 Å². The third-order valence-electron chi connectivity index (χ3n) is 4.42. The maximum atomic E-state index is 12.3. The van der Waals surface area contributed by atoms with Gasteiger partial charge >= 0.3 is 6.09 Å². The van der Waals surface area contributed by atoms with Crippen molar-refractivity contribution in [2.75, 3.05) is 6.61 Å². The van der Waals surface area contributed by atoms with Gasteiger partial charge in [-0.15, -0.1) is 0 Å². The van der Waals surface area contributed by atoms with Gasteiger partial charge in [0, 0.05) is 0 Å². The van der Waals surface area contributed by atoms with Crippen molar-refractivity contribution in [3.63, 3.8) is 0 Å². The molecule has 2 bridgehead atoms. The Morgan fingerprint density at radius 2 is 1.95 bits per heavy atom. The van der Waals surface area contributed by atoms with E-state index in [9.17, 15) is 9.59 Å². The number of amides is 1. The number of carbonyl (C=O) groups excluding carboxylic acids is 2. The molecule has 0 aliphatic carbocycles. The molecule has 3 heterocycles. The Labute approximate surface area is 127 Å². The number of benzene rings is 1. The summed E-state index contributed by atoms with van der Waals surface area (Å²) in [5, 5.41) is 0. The van der Waals surface area contributed by atoms with E-state index >= 15 is 0 Å². The number of ketones is 1. The predicted molar refractivity (Wildman–Crippen MR) is 78.1 cm³/mol. The van der Waals surface area contributed by atoms with E-state index in [-0.39, 0.29) is 24.0 Å². The quantitative estimate of drug-likeness (QED) is 0.784. The average molecular weight is 297 g/mol. The Morgan fingerprint density at radius 3 is 2.68 bits per heavy atom. The molecule has 3 aliphatic rings. The molecule has 1 aromatic rings. The molecule has 2 fully saturated rings. The van der Waals surface area contributed by atoms with Crippen LogP contribution in [0.4, 0.5) is 4.79 Å². The van der Waals surface area contributed by atoms with Crippen LogP contribution in [0.3, 0.4) is 0 Å². The van der Waals surface area contributed by atoms with Crippen molar-refractivity contribution in [1.82, 2.24) is 4.90 Å². The first-order valence-electron chi connectivity index (χ1n) is 7.23. The highest BCUT2D eigenvalue weighted by molar-refractivity contribution is 5.98. The van der Waals surface area contributed by atoms with Crippen LogP contribution < -0.4 is 0 Å². The lowest BCUT2D eigenvalue weighted by Gasteiger charge is -2.30. The topological polar surface area (TPSA) is 55.8 Å². The van der Waals surface area contributed by atoms with Gasteiger partial charge in [-0.05, 0) is 23.3 Å². The number of cyclic esters (lactones) is 1. The summed E-state index contributed by atoms with van der Waals surface area (Å²) in [6.45, 7) is 4.29. The summed E-state index contributed by atoms with van der Waals surface area (Å²) in [6.07, 6.45) is 1.84. The first-order valence-corrected chi connectivity index (χ1v) is 7.23. The van der Waals surface area contributed by atoms with Gasteiger partial charge in [0.15, 0.2) is 5.78 Å². The van der Waals surface area contributed by atoms with Crippen molar-refractivity contribution >= 4 is 11.9 Å². The molecule has 0 spiro atoms. The predicted octanol–water partition coefficient (Wildman–Crippen LogP) is 2.01. The third kappa shape index (κ3) is 1.82. The summed E-state index contributed by atoms with van der Waals surface area (Å²) in [5.74, 6) is -0.118. The van der Waals surface area contributed by atoms with Gasteiger partial charge < -0.3 is 9.47 Å². The smallest absolute Gasteiger partial charge is 0.411 e. The van der Waals surface area contributed by atoms with Crippen molar-refractivity contribution in [2.24, 2.45) is 0 Å². The van der Waals surface area contributed by atoms with Crippen LogP contribution >= 0.6 is 0 Å². The van der Waals surface area contributed by atoms with E-state index < -0.39 is 12.2 Å². The second-order valence-electron chi connectivity index (χ2n) is 5.67. The molecule has 22 heavy (non-hydrogen) atoms. The molecule has 1 amide bonds. The lowest BCUT2D eigenvalue weighted by molar-refractivity contribution is -0.124. The van der Waals surface area contributed by atoms with E-state index in [1.54, 1.807) is 11.0 Å². The Kier molecular flexibility index (Phi) is 2.90. The molecule has 2 saturated heterocycles. The van der Waals surface area contributed by atoms with Crippen LogP contribution in [-0.4, -0.2) is 41.6 Å². The van der Waals surface area contributed by atoms with Gasteiger partial charge in [-0.2, -0.15) is 0 Å². The van der Waals surface area contributed by atoms with Crippen LogP contribution in [0.2, 0.25) is 0 Å². The minimum Gasteiger partial charge on any atom is -0.447 e. The minimum atomic E-state index is -0.648. The maximum Gasteiger partial charge on any atom is 0.411 e. The normalized spacial score (nSPS) is 33.5. The summed E-state index contributed by atoms with van der Waals surface area (Å²) in [7, 11) is 0. The highest BCUT2D eigenvalue weighted by Gasteiger charge is 2.51. The van der Waals surface area contributed by atoms with Crippen molar-refractivity contribution in [3.8, 4) is 0 Å². The molecule has 4 atom stereocenters. The van der Waals surface area contributed by atoms with Crippen LogP contribution in [0.1, 0.15) is 11.6 Å². The van der Waals surface area contributed by atoms with Gasteiger partial charge in [0.25, 0.3) is 0 Å². The summed E-state index contributed by atoms with van der Waals surface area (Å²) in [6, 6.07) is 9.15.